The first kappa shape index (κ1) is 13.1. The molecule has 1 aromatic rings. The number of halogens is 2. The zero-order valence-corrected chi connectivity index (χ0v) is 10.1. The molecule has 0 radical (unpaired) electrons. The smallest absolute Gasteiger partial charge is 0.159 e. The normalized spacial score (nSPS) is 13.9. The van der Waals surface area contributed by atoms with Crippen molar-refractivity contribution in [3.8, 4) is 0 Å². The maximum Gasteiger partial charge on any atom is 0.159 e. The molecule has 1 aromatic carbocycles. The summed E-state index contributed by atoms with van der Waals surface area (Å²) >= 11 is 0. The van der Waals surface area contributed by atoms with E-state index in [1.807, 2.05) is 20.9 Å². The van der Waals surface area contributed by atoms with Crippen molar-refractivity contribution in [2.24, 2.45) is 0 Å². The van der Waals surface area contributed by atoms with Gasteiger partial charge < -0.3 is 10.6 Å². The van der Waals surface area contributed by atoms with Gasteiger partial charge in [0.1, 0.15) is 0 Å². The number of likely N-dealkylation sites (N-methyl/N-ethyl adjacent to an activating group) is 2. The maximum absolute atomic E-state index is 13.1. The van der Waals surface area contributed by atoms with Crippen LogP contribution in [0.1, 0.15) is 25.5 Å². The fourth-order valence-electron chi connectivity index (χ4n) is 1.78. The monoisotopic (exact) mass is 228 g/mol. The molecule has 2 nitrogen and oxygen atoms in total. The van der Waals surface area contributed by atoms with Crippen LogP contribution >= 0.6 is 0 Å². The molecule has 16 heavy (non-hydrogen) atoms. The van der Waals surface area contributed by atoms with E-state index in [2.05, 4.69) is 10.6 Å². The van der Waals surface area contributed by atoms with Crippen LogP contribution in [0.25, 0.3) is 0 Å². The fraction of sp³-hybridized carbons (Fsp3) is 0.500. The zero-order valence-electron chi connectivity index (χ0n) is 10.1. The van der Waals surface area contributed by atoms with E-state index in [1.165, 1.54) is 6.07 Å². The third kappa shape index (κ3) is 2.57. The van der Waals surface area contributed by atoms with E-state index in [9.17, 15) is 8.78 Å². The molecule has 0 aliphatic rings. The van der Waals surface area contributed by atoms with Crippen molar-refractivity contribution in [1.29, 1.82) is 0 Å². The molecule has 0 aliphatic heterocycles. The third-order valence-electron chi connectivity index (χ3n) is 2.93. The predicted molar refractivity (Wildman–Crippen MR) is 61.3 cm³/mol. The van der Waals surface area contributed by atoms with Crippen molar-refractivity contribution >= 4 is 0 Å². The molecule has 0 saturated carbocycles. The second kappa shape index (κ2) is 4.89. The van der Waals surface area contributed by atoms with E-state index in [0.717, 1.165) is 11.6 Å². The molecular formula is C12H18F2N2. The Labute approximate surface area is 95.1 Å². The molecule has 1 rings (SSSR count). The quantitative estimate of drug-likeness (QED) is 0.825. The van der Waals surface area contributed by atoms with E-state index >= 15 is 0 Å². The van der Waals surface area contributed by atoms with E-state index in [-0.39, 0.29) is 11.6 Å². The van der Waals surface area contributed by atoms with Gasteiger partial charge in [-0.05, 0) is 45.6 Å². The summed E-state index contributed by atoms with van der Waals surface area (Å²) in [6.07, 6.45) is 0. The van der Waals surface area contributed by atoms with Gasteiger partial charge in [0, 0.05) is 11.6 Å². The molecule has 0 aromatic heterocycles. The van der Waals surface area contributed by atoms with Gasteiger partial charge in [-0.3, -0.25) is 0 Å². The molecule has 0 saturated heterocycles. The van der Waals surface area contributed by atoms with Crippen LogP contribution in [0.5, 0.6) is 0 Å². The van der Waals surface area contributed by atoms with Crippen LogP contribution in [0.4, 0.5) is 8.78 Å². The Morgan fingerprint density at radius 3 is 2.19 bits per heavy atom. The lowest BCUT2D eigenvalue weighted by Crippen LogP contribution is -2.47. The highest BCUT2D eigenvalue weighted by Crippen LogP contribution is 2.25. The van der Waals surface area contributed by atoms with Crippen molar-refractivity contribution < 1.29 is 8.78 Å². The highest BCUT2D eigenvalue weighted by molar-refractivity contribution is 5.24. The van der Waals surface area contributed by atoms with Crippen LogP contribution in [-0.2, 0) is 0 Å². The Balaban J connectivity index is 3.09. The summed E-state index contributed by atoms with van der Waals surface area (Å²) in [6, 6.07) is 3.89. The van der Waals surface area contributed by atoms with Gasteiger partial charge in [-0.2, -0.15) is 0 Å². The topological polar surface area (TPSA) is 24.1 Å². The van der Waals surface area contributed by atoms with Crippen molar-refractivity contribution in [3.05, 3.63) is 35.4 Å². The van der Waals surface area contributed by atoms with Gasteiger partial charge in [-0.25, -0.2) is 8.78 Å². The summed E-state index contributed by atoms with van der Waals surface area (Å²) in [5.74, 6) is -1.63. The van der Waals surface area contributed by atoms with Crippen LogP contribution in [0.3, 0.4) is 0 Å². The molecule has 1 unspecified atom stereocenters. The second-order valence-electron chi connectivity index (χ2n) is 4.37. The lowest BCUT2D eigenvalue weighted by Gasteiger charge is -2.34. The van der Waals surface area contributed by atoms with Gasteiger partial charge in [0.2, 0.25) is 0 Å². The van der Waals surface area contributed by atoms with Gasteiger partial charge in [0.05, 0.1) is 0 Å². The van der Waals surface area contributed by atoms with E-state index < -0.39 is 11.6 Å². The number of benzene rings is 1. The van der Waals surface area contributed by atoms with Crippen molar-refractivity contribution in [2.75, 3.05) is 14.1 Å². The molecule has 90 valence electrons. The Morgan fingerprint density at radius 1 is 1.12 bits per heavy atom. The van der Waals surface area contributed by atoms with Crippen molar-refractivity contribution in [1.82, 2.24) is 10.6 Å². The summed E-state index contributed by atoms with van der Waals surface area (Å²) in [5.41, 5.74) is 0.472. The molecule has 0 amide bonds. The largest absolute Gasteiger partial charge is 0.313 e. The summed E-state index contributed by atoms with van der Waals surface area (Å²) in [4.78, 5) is 0. The standard InChI is InChI=1S/C12H18F2N2/c1-12(2,16-4)11(15-3)8-5-6-9(13)10(14)7-8/h5-7,11,15-16H,1-4H3. The predicted octanol–water partition coefficient (Wildman–Crippen LogP) is 2.22. The highest BCUT2D eigenvalue weighted by atomic mass is 19.2. The molecule has 4 heteroatoms. The molecule has 1 atom stereocenters. The lowest BCUT2D eigenvalue weighted by molar-refractivity contribution is 0.310. The molecule has 0 bridgehead atoms. The van der Waals surface area contributed by atoms with Crippen LogP contribution < -0.4 is 10.6 Å². The van der Waals surface area contributed by atoms with Crippen molar-refractivity contribution in [3.63, 3.8) is 0 Å². The minimum absolute atomic E-state index is 0.0902. The number of nitrogens with one attached hydrogen (secondary N) is 2. The molecule has 0 fully saturated rings. The van der Waals surface area contributed by atoms with Crippen LogP contribution in [0.2, 0.25) is 0 Å². The van der Waals surface area contributed by atoms with Gasteiger partial charge in [0.25, 0.3) is 0 Å². The molecule has 0 heterocycles. The SMILES string of the molecule is CNC(c1ccc(F)c(F)c1)C(C)(C)NC. The number of rotatable bonds is 4. The Morgan fingerprint density at radius 2 is 1.75 bits per heavy atom. The average Bonchev–Trinajstić information content (AvgIpc) is 2.24. The second-order valence-corrected chi connectivity index (χ2v) is 4.37. The van der Waals surface area contributed by atoms with Gasteiger partial charge in [-0.1, -0.05) is 6.07 Å². The summed E-state index contributed by atoms with van der Waals surface area (Å²) in [7, 11) is 3.63. The highest BCUT2D eigenvalue weighted by Gasteiger charge is 2.28. The van der Waals surface area contributed by atoms with Crippen molar-refractivity contribution in [2.45, 2.75) is 25.4 Å². The molecule has 2 N–H and O–H groups in total. The van der Waals surface area contributed by atoms with E-state index in [0.29, 0.717) is 0 Å². The number of hydrogen-bond acceptors (Lipinski definition) is 2. The maximum atomic E-state index is 13.1. The lowest BCUT2D eigenvalue weighted by atomic mass is 9.89. The summed E-state index contributed by atoms with van der Waals surface area (Å²) in [5, 5.41) is 6.25. The first-order valence-electron chi connectivity index (χ1n) is 5.23. The fourth-order valence-corrected chi connectivity index (χ4v) is 1.78. The van der Waals surface area contributed by atoms with Gasteiger partial charge in [-0.15, -0.1) is 0 Å². The minimum atomic E-state index is -0.819. The molecule has 0 spiro atoms. The molecule has 0 aliphatic carbocycles. The zero-order chi connectivity index (χ0) is 12.3. The van der Waals surface area contributed by atoms with Gasteiger partial charge in [0.15, 0.2) is 11.6 Å². The summed E-state index contributed by atoms with van der Waals surface area (Å²) < 4.78 is 26.0. The Hall–Kier alpha value is -1.00. The summed E-state index contributed by atoms with van der Waals surface area (Å²) in [6.45, 7) is 3.99. The minimum Gasteiger partial charge on any atom is -0.313 e. The first-order valence-corrected chi connectivity index (χ1v) is 5.23. The Kier molecular flexibility index (Phi) is 3.99. The van der Waals surface area contributed by atoms with Crippen LogP contribution in [0.15, 0.2) is 18.2 Å². The van der Waals surface area contributed by atoms with Gasteiger partial charge >= 0.3 is 0 Å². The van der Waals surface area contributed by atoms with Crippen LogP contribution in [0, 0.1) is 11.6 Å². The average molecular weight is 228 g/mol. The first-order chi connectivity index (χ1) is 7.42. The number of hydrogen-bond donors (Lipinski definition) is 2. The van der Waals surface area contributed by atoms with Crippen LogP contribution in [-0.4, -0.2) is 19.6 Å². The van der Waals surface area contributed by atoms with E-state index in [1.54, 1.807) is 13.1 Å². The van der Waals surface area contributed by atoms with E-state index in [4.69, 9.17) is 0 Å². The third-order valence-corrected chi connectivity index (χ3v) is 2.93. The Bertz CT molecular complexity index is 364. The molecular weight excluding hydrogens is 210 g/mol.